The first-order valence-electron chi connectivity index (χ1n) is 10.6. The molecule has 2 heterocycles. The molecule has 0 amide bonds. The fourth-order valence-electron chi connectivity index (χ4n) is 3.69. The van der Waals surface area contributed by atoms with E-state index in [1.54, 1.807) is 0 Å². The molecule has 15 nitrogen and oxygen atoms in total. The SMILES string of the molecule is Cc1cn([C@H]2CC(N=[N+]=[N-])[C@@H](CON[C@@H](Cc3ccccc3C(=O)C(=O)O)C(=O)O)O2)c(=O)[nH]c1=O. The average molecular weight is 502 g/mol. The second-order valence-corrected chi connectivity index (χ2v) is 7.93. The summed E-state index contributed by atoms with van der Waals surface area (Å²) in [5.74, 6) is -4.18. The van der Waals surface area contributed by atoms with Crippen molar-refractivity contribution in [1.82, 2.24) is 15.0 Å². The maximum atomic E-state index is 12.2. The van der Waals surface area contributed by atoms with E-state index in [-0.39, 0.29) is 36.1 Å². The summed E-state index contributed by atoms with van der Waals surface area (Å²) < 4.78 is 6.93. The van der Waals surface area contributed by atoms with Crippen LogP contribution in [0.4, 0.5) is 0 Å². The minimum atomic E-state index is -1.67. The van der Waals surface area contributed by atoms with E-state index in [4.69, 9.17) is 20.2 Å². The number of Topliss-reactive ketones (excluding diaryl/α,β-unsaturated/α-hetero) is 1. The van der Waals surface area contributed by atoms with Crippen molar-refractivity contribution in [3.63, 3.8) is 0 Å². The zero-order valence-corrected chi connectivity index (χ0v) is 18.9. The van der Waals surface area contributed by atoms with Crippen LogP contribution in [-0.4, -0.2) is 62.3 Å². The van der Waals surface area contributed by atoms with Crippen molar-refractivity contribution in [1.29, 1.82) is 0 Å². The number of nitrogens with one attached hydrogen (secondary N) is 2. The molecule has 1 aromatic carbocycles. The molecule has 4 N–H and O–H groups in total. The highest BCUT2D eigenvalue weighted by Gasteiger charge is 2.37. The van der Waals surface area contributed by atoms with E-state index in [0.29, 0.717) is 0 Å². The average Bonchev–Trinajstić information content (AvgIpc) is 3.23. The molecule has 4 atom stereocenters. The molecule has 0 aliphatic carbocycles. The van der Waals surface area contributed by atoms with E-state index in [1.807, 2.05) is 0 Å². The Bertz CT molecular complexity index is 1330. The third kappa shape index (κ3) is 6.03. The number of ketones is 1. The van der Waals surface area contributed by atoms with Crippen LogP contribution in [0, 0.1) is 6.92 Å². The highest BCUT2D eigenvalue weighted by atomic mass is 16.7. The van der Waals surface area contributed by atoms with Crippen molar-refractivity contribution in [2.24, 2.45) is 5.11 Å². The molecule has 1 saturated heterocycles. The van der Waals surface area contributed by atoms with Gasteiger partial charge < -0.3 is 14.9 Å². The summed E-state index contributed by atoms with van der Waals surface area (Å²) in [7, 11) is 0. The van der Waals surface area contributed by atoms with E-state index in [1.165, 1.54) is 37.4 Å². The number of carbonyl (C=O) groups excluding carboxylic acids is 1. The Labute approximate surface area is 201 Å². The van der Waals surface area contributed by atoms with Gasteiger partial charge >= 0.3 is 17.6 Å². The number of azide groups is 1. The minimum absolute atomic E-state index is 0.0938. The molecule has 2 aromatic rings. The van der Waals surface area contributed by atoms with Crippen LogP contribution in [-0.2, 0) is 25.6 Å². The second kappa shape index (κ2) is 11.4. The molecule has 1 aliphatic rings. The molecule has 0 bridgehead atoms. The van der Waals surface area contributed by atoms with Crippen molar-refractivity contribution < 1.29 is 34.2 Å². The van der Waals surface area contributed by atoms with Gasteiger partial charge in [-0.1, -0.05) is 29.4 Å². The summed E-state index contributed by atoms with van der Waals surface area (Å²) in [6, 6.07) is 3.57. The second-order valence-electron chi connectivity index (χ2n) is 7.93. The monoisotopic (exact) mass is 502 g/mol. The fraction of sp³-hybridized carbons (Fsp3) is 0.381. The van der Waals surface area contributed by atoms with Crippen LogP contribution in [0.2, 0.25) is 0 Å². The summed E-state index contributed by atoms with van der Waals surface area (Å²) in [4.78, 5) is 68.7. The van der Waals surface area contributed by atoms with Crippen LogP contribution >= 0.6 is 0 Å². The number of aromatic nitrogens is 2. The molecule has 1 unspecified atom stereocenters. The van der Waals surface area contributed by atoms with E-state index in [2.05, 4.69) is 20.5 Å². The lowest BCUT2D eigenvalue weighted by atomic mass is 9.98. The lowest BCUT2D eigenvalue weighted by molar-refractivity contribution is -0.146. The Balaban J connectivity index is 1.69. The zero-order valence-electron chi connectivity index (χ0n) is 18.9. The predicted octanol–water partition coefficient (Wildman–Crippen LogP) is 0.296. The molecule has 0 saturated carbocycles. The van der Waals surface area contributed by atoms with E-state index in [9.17, 15) is 29.1 Å². The number of hydroxylamine groups is 1. The van der Waals surface area contributed by atoms with Gasteiger partial charge in [0.15, 0.2) is 0 Å². The quantitative estimate of drug-likeness (QED) is 0.0820. The summed E-state index contributed by atoms with van der Waals surface area (Å²) >= 11 is 0. The molecule has 1 fully saturated rings. The first-order chi connectivity index (χ1) is 17.1. The normalized spacial score (nSPS) is 19.9. The Kier molecular flexibility index (Phi) is 8.34. The van der Waals surface area contributed by atoms with E-state index >= 15 is 0 Å². The van der Waals surface area contributed by atoms with Crippen molar-refractivity contribution in [3.05, 3.63) is 78.4 Å². The largest absolute Gasteiger partial charge is 0.480 e. The number of rotatable bonds is 11. The van der Waals surface area contributed by atoms with E-state index in [0.717, 1.165) is 4.57 Å². The summed E-state index contributed by atoms with van der Waals surface area (Å²) in [5, 5.41) is 22.2. The van der Waals surface area contributed by atoms with Crippen LogP contribution < -0.4 is 16.7 Å². The van der Waals surface area contributed by atoms with Gasteiger partial charge in [0.05, 0.1) is 18.8 Å². The van der Waals surface area contributed by atoms with Gasteiger partial charge in [0.25, 0.3) is 11.3 Å². The first kappa shape index (κ1) is 26.3. The molecule has 36 heavy (non-hydrogen) atoms. The van der Waals surface area contributed by atoms with Gasteiger partial charge in [0.2, 0.25) is 0 Å². The highest BCUT2D eigenvalue weighted by Crippen LogP contribution is 2.30. The molecule has 1 aliphatic heterocycles. The van der Waals surface area contributed by atoms with Crippen LogP contribution in [0.25, 0.3) is 10.4 Å². The van der Waals surface area contributed by atoms with Gasteiger partial charge in [-0.25, -0.2) is 9.59 Å². The highest BCUT2D eigenvalue weighted by molar-refractivity contribution is 6.40. The topological polar surface area (TPSA) is 226 Å². The number of aryl methyl sites for hydroxylation is 1. The lowest BCUT2D eigenvalue weighted by Crippen LogP contribution is -2.41. The van der Waals surface area contributed by atoms with Crippen molar-refractivity contribution in [3.8, 4) is 0 Å². The number of aromatic amines is 1. The van der Waals surface area contributed by atoms with Crippen LogP contribution in [0.1, 0.15) is 34.1 Å². The Morgan fingerprint density at radius 1 is 1.33 bits per heavy atom. The van der Waals surface area contributed by atoms with Gasteiger partial charge in [-0.3, -0.25) is 28.8 Å². The Morgan fingerprint density at radius 3 is 2.72 bits per heavy atom. The Hall–Kier alpha value is -4.30. The van der Waals surface area contributed by atoms with Gasteiger partial charge in [-0.2, -0.15) is 5.48 Å². The Morgan fingerprint density at radius 2 is 2.06 bits per heavy atom. The van der Waals surface area contributed by atoms with Gasteiger partial charge in [0, 0.05) is 35.1 Å². The number of carboxylic acid groups (broad SMARTS) is 2. The number of hydrogen-bond donors (Lipinski definition) is 4. The maximum absolute atomic E-state index is 12.2. The number of benzene rings is 1. The molecule has 15 heteroatoms. The minimum Gasteiger partial charge on any atom is -0.480 e. The molecule has 0 radical (unpaired) electrons. The van der Waals surface area contributed by atoms with E-state index < -0.39 is 53.4 Å². The molecular formula is C21H22N6O9. The molecule has 1 aromatic heterocycles. The summed E-state index contributed by atoms with van der Waals surface area (Å²) in [6.07, 6.45) is -0.605. The number of aliphatic carboxylic acids is 2. The number of carbonyl (C=O) groups is 3. The third-order valence-corrected chi connectivity index (χ3v) is 5.51. The number of carboxylic acids is 2. The lowest BCUT2D eigenvalue weighted by Gasteiger charge is -2.19. The zero-order chi connectivity index (χ0) is 26.4. The van der Waals surface area contributed by atoms with Gasteiger partial charge in [-0.15, -0.1) is 0 Å². The van der Waals surface area contributed by atoms with Crippen LogP contribution in [0.3, 0.4) is 0 Å². The number of H-pyrrole nitrogens is 1. The van der Waals surface area contributed by atoms with Crippen LogP contribution in [0.15, 0.2) is 45.2 Å². The smallest absolute Gasteiger partial charge is 0.377 e. The molecule has 0 spiro atoms. The fourth-order valence-corrected chi connectivity index (χ4v) is 3.69. The number of hydrogen-bond acceptors (Lipinski definition) is 9. The standard InChI is InChI=1S/C21H22N6O9/c1-10-8-27(21(34)23-18(10)29)16-7-13(24-26-22)15(36-16)9-35-25-14(19(30)31)6-11-4-2-3-5-12(11)17(28)20(32)33/h2-5,8,13-16,25H,6-7,9H2,1H3,(H,30,31)(H,32,33)(H,23,29,34)/t13?,14-,15+,16+/m0/s1. The maximum Gasteiger partial charge on any atom is 0.377 e. The molecule has 190 valence electrons. The molecular weight excluding hydrogens is 480 g/mol. The number of nitrogens with zero attached hydrogens (tertiary/aromatic N) is 4. The van der Waals surface area contributed by atoms with Crippen LogP contribution in [0.5, 0.6) is 0 Å². The summed E-state index contributed by atoms with van der Waals surface area (Å²) in [5.41, 5.74) is 10.3. The first-order valence-corrected chi connectivity index (χ1v) is 10.6. The predicted molar refractivity (Wildman–Crippen MR) is 120 cm³/mol. The van der Waals surface area contributed by atoms with Crippen molar-refractivity contribution in [2.45, 2.75) is 44.2 Å². The van der Waals surface area contributed by atoms with Gasteiger partial charge in [0.1, 0.15) is 12.3 Å². The summed E-state index contributed by atoms with van der Waals surface area (Å²) in [6.45, 7) is 1.23. The number of ether oxygens (including phenoxy) is 1. The molecule has 3 rings (SSSR count). The van der Waals surface area contributed by atoms with Gasteiger partial charge in [-0.05, 0) is 18.0 Å². The van der Waals surface area contributed by atoms with Crippen molar-refractivity contribution >= 4 is 17.7 Å². The third-order valence-electron chi connectivity index (χ3n) is 5.51. The van der Waals surface area contributed by atoms with Crippen molar-refractivity contribution in [2.75, 3.05) is 6.61 Å².